The first-order chi connectivity index (χ1) is 12.5. The van der Waals surface area contributed by atoms with E-state index in [4.69, 9.17) is 0 Å². The lowest BCUT2D eigenvalue weighted by atomic mass is 9.91. The summed E-state index contributed by atoms with van der Waals surface area (Å²) in [5, 5.41) is 7.25. The zero-order chi connectivity index (χ0) is 20.4. The van der Waals surface area contributed by atoms with E-state index in [2.05, 4.69) is 4.98 Å². The smallest absolute Gasteiger partial charge is 0.337 e. The molecule has 1 aromatic heterocycles. The SMILES string of the molecule is CC(C)c1c(F)c(F)c(F)c2nc3c(F)c(F)c(F)c(F)c3c(C(=O)O)c12. The molecule has 0 spiro atoms. The van der Waals surface area contributed by atoms with Gasteiger partial charge in [-0.3, -0.25) is 0 Å². The summed E-state index contributed by atoms with van der Waals surface area (Å²) in [6.07, 6.45) is 0. The Morgan fingerprint density at radius 3 is 1.67 bits per heavy atom. The van der Waals surface area contributed by atoms with E-state index in [-0.39, 0.29) is 0 Å². The van der Waals surface area contributed by atoms with E-state index >= 15 is 0 Å². The third-order valence-corrected chi connectivity index (χ3v) is 4.09. The molecular formula is C17H8F7NO2. The van der Waals surface area contributed by atoms with Crippen LogP contribution in [-0.2, 0) is 0 Å². The predicted octanol–water partition coefficient (Wildman–Crippen LogP) is 5.18. The Morgan fingerprint density at radius 2 is 1.19 bits per heavy atom. The second kappa shape index (κ2) is 6.07. The van der Waals surface area contributed by atoms with Crippen LogP contribution in [0.3, 0.4) is 0 Å². The number of halogens is 7. The summed E-state index contributed by atoms with van der Waals surface area (Å²) >= 11 is 0. The van der Waals surface area contributed by atoms with Gasteiger partial charge in [-0.15, -0.1) is 0 Å². The molecule has 3 rings (SSSR count). The van der Waals surface area contributed by atoms with E-state index in [1.807, 2.05) is 0 Å². The monoisotopic (exact) mass is 391 g/mol. The lowest BCUT2D eigenvalue weighted by Crippen LogP contribution is -2.12. The predicted molar refractivity (Wildman–Crippen MR) is 80.0 cm³/mol. The van der Waals surface area contributed by atoms with Crippen molar-refractivity contribution in [1.82, 2.24) is 4.98 Å². The molecule has 0 aliphatic carbocycles. The van der Waals surface area contributed by atoms with Gasteiger partial charge in [-0.05, 0) is 5.92 Å². The molecule has 0 fully saturated rings. The van der Waals surface area contributed by atoms with Crippen molar-refractivity contribution in [3.05, 3.63) is 51.8 Å². The highest BCUT2D eigenvalue weighted by atomic mass is 19.2. The van der Waals surface area contributed by atoms with Gasteiger partial charge in [-0.1, -0.05) is 13.8 Å². The second-order valence-corrected chi connectivity index (χ2v) is 6.01. The van der Waals surface area contributed by atoms with E-state index in [0.29, 0.717) is 0 Å². The van der Waals surface area contributed by atoms with Crippen molar-refractivity contribution in [2.75, 3.05) is 0 Å². The molecule has 0 atom stereocenters. The van der Waals surface area contributed by atoms with Crippen LogP contribution >= 0.6 is 0 Å². The Labute approximate surface area is 146 Å². The number of rotatable bonds is 2. The average molecular weight is 391 g/mol. The maximum absolute atomic E-state index is 14.3. The molecule has 10 heteroatoms. The zero-order valence-corrected chi connectivity index (χ0v) is 13.5. The molecule has 0 saturated heterocycles. The Hall–Kier alpha value is -2.91. The summed E-state index contributed by atoms with van der Waals surface area (Å²) in [5.74, 6) is -17.5. The van der Waals surface area contributed by atoms with Gasteiger partial charge >= 0.3 is 5.97 Å². The molecule has 27 heavy (non-hydrogen) atoms. The van der Waals surface area contributed by atoms with Gasteiger partial charge in [0.1, 0.15) is 11.0 Å². The molecule has 142 valence electrons. The van der Waals surface area contributed by atoms with E-state index in [1.165, 1.54) is 13.8 Å². The van der Waals surface area contributed by atoms with Crippen LogP contribution < -0.4 is 0 Å². The lowest BCUT2D eigenvalue weighted by molar-refractivity contribution is 0.0700. The first kappa shape index (κ1) is 18.9. The maximum atomic E-state index is 14.3. The first-order valence-corrected chi connectivity index (χ1v) is 7.39. The van der Waals surface area contributed by atoms with Crippen LogP contribution in [0.15, 0.2) is 0 Å². The summed E-state index contributed by atoms with van der Waals surface area (Å²) in [7, 11) is 0. The molecule has 0 amide bonds. The van der Waals surface area contributed by atoms with E-state index in [1.54, 1.807) is 0 Å². The van der Waals surface area contributed by atoms with Crippen molar-refractivity contribution >= 4 is 27.8 Å². The van der Waals surface area contributed by atoms with Gasteiger partial charge in [0.2, 0.25) is 0 Å². The molecule has 0 bridgehead atoms. The normalized spacial score (nSPS) is 11.8. The molecule has 0 aliphatic heterocycles. The standard InChI is InChI=1S/C17H8F7NO2/c1-3(2)4-5-6(17(26)27)7-9(19)10(20)12(22)14(24)16(7)25-15(5)13(23)11(21)8(4)18/h3H,1-2H3,(H,26,27). The van der Waals surface area contributed by atoms with E-state index in [9.17, 15) is 40.6 Å². The van der Waals surface area contributed by atoms with Gasteiger partial charge < -0.3 is 5.11 Å². The molecule has 0 unspecified atom stereocenters. The fourth-order valence-corrected chi connectivity index (χ4v) is 2.97. The second-order valence-electron chi connectivity index (χ2n) is 6.01. The number of fused-ring (bicyclic) bond motifs is 2. The molecule has 3 aromatic rings. The number of hydrogen-bond donors (Lipinski definition) is 1. The van der Waals surface area contributed by atoms with Crippen LogP contribution in [0.2, 0.25) is 0 Å². The Kier molecular flexibility index (Phi) is 4.24. The highest BCUT2D eigenvalue weighted by molar-refractivity contribution is 6.15. The summed E-state index contributed by atoms with van der Waals surface area (Å²) in [4.78, 5) is 15.0. The minimum Gasteiger partial charge on any atom is -0.478 e. The number of hydrogen-bond acceptors (Lipinski definition) is 2. The summed E-state index contributed by atoms with van der Waals surface area (Å²) in [6, 6.07) is 0. The molecule has 0 saturated carbocycles. The average Bonchev–Trinajstić information content (AvgIpc) is 2.61. The highest BCUT2D eigenvalue weighted by Gasteiger charge is 2.32. The van der Waals surface area contributed by atoms with Crippen molar-refractivity contribution in [3.63, 3.8) is 0 Å². The van der Waals surface area contributed by atoms with Crippen LogP contribution in [0.1, 0.15) is 35.7 Å². The third kappa shape index (κ3) is 2.42. The number of aromatic carboxylic acids is 1. The number of carbonyl (C=O) groups is 1. The quantitative estimate of drug-likeness (QED) is 0.283. The lowest BCUT2D eigenvalue weighted by Gasteiger charge is -2.17. The maximum Gasteiger partial charge on any atom is 0.337 e. The zero-order valence-electron chi connectivity index (χ0n) is 13.5. The van der Waals surface area contributed by atoms with Crippen LogP contribution in [0.25, 0.3) is 21.8 Å². The molecule has 1 N–H and O–H groups in total. The first-order valence-electron chi connectivity index (χ1n) is 7.39. The topological polar surface area (TPSA) is 50.2 Å². The molecule has 1 heterocycles. The van der Waals surface area contributed by atoms with Crippen LogP contribution in [0.5, 0.6) is 0 Å². The van der Waals surface area contributed by atoms with E-state index in [0.717, 1.165) is 0 Å². The van der Waals surface area contributed by atoms with Gasteiger partial charge in [-0.25, -0.2) is 40.5 Å². The minimum absolute atomic E-state index is 0.680. The molecule has 3 nitrogen and oxygen atoms in total. The van der Waals surface area contributed by atoms with Crippen LogP contribution in [0, 0.1) is 40.7 Å². The number of nitrogens with zero attached hydrogens (tertiary/aromatic N) is 1. The summed E-state index contributed by atoms with van der Waals surface area (Å²) < 4.78 is 97.8. The number of aromatic nitrogens is 1. The Bertz CT molecular complexity index is 1160. The fraction of sp³-hybridized carbons (Fsp3) is 0.176. The summed E-state index contributed by atoms with van der Waals surface area (Å²) in [6.45, 7) is 2.60. The van der Waals surface area contributed by atoms with E-state index < -0.39 is 85.5 Å². The van der Waals surface area contributed by atoms with Crippen molar-refractivity contribution in [1.29, 1.82) is 0 Å². The molecular weight excluding hydrogens is 383 g/mol. The highest BCUT2D eigenvalue weighted by Crippen LogP contribution is 2.39. The number of benzene rings is 2. The van der Waals surface area contributed by atoms with Gasteiger partial charge in [0, 0.05) is 10.9 Å². The summed E-state index contributed by atoms with van der Waals surface area (Å²) in [5.41, 5.74) is -4.45. The number of carboxylic acid groups (broad SMARTS) is 1. The fourth-order valence-electron chi connectivity index (χ4n) is 2.97. The van der Waals surface area contributed by atoms with Crippen LogP contribution in [0.4, 0.5) is 30.7 Å². The van der Waals surface area contributed by atoms with Gasteiger partial charge in [0.15, 0.2) is 40.7 Å². The van der Waals surface area contributed by atoms with Crippen molar-refractivity contribution < 1.29 is 40.6 Å². The Morgan fingerprint density at radius 1 is 0.741 bits per heavy atom. The largest absolute Gasteiger partial charge is 0.478 e. The van der Waals surface area contributed by atoms with Gasteiger partial charge in [-0.2, -0.15) is 0 Å². The Balaban J connectivity index is 2.83. The number of pyridine rings is 1. The molecule has 2 aromatic carbocycles. The number of carboxylic acids is 1. The van der Waals surface area contributed by atoms with Crippen molar-refractivity contribution in [3.8, 4) is 0 Å². The van der Waals surface area contributed by atoms with Crippen molar-refractivity contribution in [2.45, 2.75) is 19.8 Å². The van der Waals surface area contributed by atoms with Gasteiger partial charge in [0.05, 0.1) is 10.9 Å². The third-order valence-electron chi connectivity index (χ3n) is 4.09. The van der Waals surface area contributed by atoms with Crippen LogP contribution in [-0.4, -0.2) is 16.1 Å². The van der Waals surface area contributed by atoms with Crippen molar-refractivity contribution in [2.24, 2.45) is 0 Å². The van der Waals surface area contributed by atoms with Gasteiger partial charge in [0.25, 0.3) is 0 Å². The molecule has 0 radical (unpaired) electrons. The molecule has 0 aliphatic rings. The minimum atomic E-state index is -2.32.